The molecule has 0 fully saturated rings. The molecule has 0 atom stereocenters. The molecule has 1 heterocycles. The first-order valence-corrected chi connectivity index (χ1v) is 5.53. The highest BCUT2D eigenvalue weighted by Gasteiger charge is 2.17. The van der Waals surface area contributed by atoms with Crippen molar-refractivity contribution in [2.24, 2.45) is 0 Å². The number of rotatable bonds is 2. The van der Waals surface area contributed by atoms with Gasteiger partial charge in [0.1, 0.15) is 16.8 Å². The Morgan fingerprint density at radius 2 is 1.80 bits per heavy atom. The molecular weight excluding hydrogens is 300 g/mol. The van der Waals surface area contributed by atoms with Gasteiger partial charge in [-0.05, 0) is 6.07 Å². The number of carbonyl (C=O) groups is 1. The van der Waals surface area contributed by atoms with Gasteiger partial charge in [-0.3, -0.25) is 4.79 Å². The lowest BCUT2D eigenvalue weighted by molar-refractivity contribution is 0.102. The number of nitrogens with zero attached hydrogens (tertiary/aromatic N) is 1. The summed E-state index contributed by atoms with van der Waals surface area (Å²) in [6.07, 6.45) is 0.779. The van der Waals surface area contributed by atoms with E-state index in [1.165, 1.54) is 0 Å². The summed E-state index contributed by atoms with van der Waals surface area (Å²) in [4.78, 5) is 15.1. The molecule has 0 aliphatic rings. The Kier molecular flexibility index (Phi) is 3.89. The zero-order valence-electron chi connectivity index (χ0n) is 9.55. The highest BCUT2D eigenvalue weighted by atomic mass is 35.5. The van der Waals surface area contributed by atoms with Gasteiger partial charge in [-0.15, -0.1) is 0 Å². The maximum Gasteiger partial charge on any atom is 0.258 e. The molecule has 8 heteroatoms. The summed E-state index contributed by atoms with van der Waals surface area (Å²) >= 11 is 5.58. The highest BCUT2D eigenvalue weighted by molar-refractivity contribution is 6.33. The van der Waals surface area contributed by atoms with Crippen LogP contribution in [0.3, 0.4) is 0 Å². The van der Waals surface area contributed by atoms with Crippen LogP contribution in [-0.2, 0) is 0 Å². The molecule has 1 amide bonds. The smallest absolute Gasteiger partial charge is 0.258 e. The Balaban J connectivity index is 2.35. The number of pyridine rings is 1. The number of anilines is 1. The van der Waals surface area contributed by atoms with E-state index >= 15 is 0 Å². The van der Waals surface area contributed by atoms with E-state index in [0.717, 1.165) is 12.3 Å². The number of halogens is 5. The van der Waals surface area contributed by atoms with Crippen LogP contribution >= 0.6 is 11.6 Å². The van der Waals surface area contributed by atoms with E-state index in [1.807, 2.05) is 5.32 Å². The molecule has 1 aromatic carbocycles. The zero-order chi connectivity index (χ0) is 14.9. The van der Waals surface area contributed by atoms with Crippen LogP contribution in [0, 0.1) is 23.3 Å². The van der Waals surface area contributed by atoms with Gasteiger partial charge in [0, 0.05) is 12.1 Å². The Labute approximate surface area is 115 Å². The van der Waals surface area contributed by atoms with Crippen molar-refractivity contribution in [3.63, 3.8) is 0 Å². The van der Waals surface area contributed by atoms with Crippen LogP contribution in [0.15, 0.2) is 24.4 Å². The number of nitrogens with one attached hydrogen (secondary N) is 1. The third-order valence-electron chi connectivity index (χ3n) is 2.29. The minimum absolute atomic E-state index is 0.321. The fraction of sp³-hybridized carbons (Fsp3) is 0. The Morgan fingerprint density at radius 3 is 2.50 bits per heavy atom. The van der Waals surface area contributed by atoms with E-state index in [4.69, 9.17) is 11.6 Å². The molecule has 0 aliphatic carbocycles. The molecule has 0 spiro atoms. The lowest BCUT2D eigenvalue weighted by Crippen LogP contribution is -2.15. The molecule has 3 nitrogen and oxygen atoms in total. The lowest BCUT2D eigenvalue weighted by Gasteiger charge is -2.08. The quantitative estimate of drug-likeness (QED) is 0.524. The van der Waals surface area contributed by atoms with Crippen LogP contribution < -0.4 is 5.32 Å². The third-order valence-corrected chi connectivity index (χ3v) is 2.59. The van der Waals surface area contributed by atoms with E-state index < -0.39 is 40.4 Å². The molecule has 20 heavy (non-hydrogen) atoms. The number of amides is 1. The first kappa shape index (κ1) is 14.3. The van der Waals surface area contributed by atoms with Crippen molar-refractivity contribution in [2.75, 3.05) is 5.32 Å². The normalized spacial score (nSPS) is 10.4. The SMILES string of the molecule is O=C(Nc1cc(F)cc(F)c1F)c1cc(F)cnc1Cl. The number of benzene rings is 1. The van der Waals surface area contributed by atoms with Crippen LogP contribution in [0.1, 0.15) is 10.4 Å². The summed E-state index contributed by atoms with van der Waals surface area (Å²) in [5, 5.41) is 1.56. The molecule has 104 valence electrons. The van der Waals surface area contributed by atoms with Crippen molar-refractivity contribution in [1.82, 2.24) is 4.98 Å². The summed E-state index contributed by atoms with van der Waals surface area (Å²) in [5.41, 5.74) is -1.12. The second-order valence-corrected chi connectivity index (χ2v) is 4.05. The van der Waals surface area contributed by atoms with Crippen molar-refractivity contribution < 1.29 is 22.4 Å². The third kappa shape index (κ3) is 2.88. The molecule has 0 aliphatic heterocycles. The second kappa shape index (κ2) is 5.46. The van der Waals surface area contributed by atoms with Crippen molar-refractivity contribution in [3.05, 3.63) is 58.4 Å². The lowest BCUT2D eigenvalue weighted by atomic mass is 10.2. The average Bonchev–Trinajstić information content (AvgIpc) is 2.38. The molecule has 0 saturated heterocycles. The zero-order valence-corrected chi connectivity index (χ0v) is 10.3. The number of carbonyl (C=O) groups excluding carboxylic acids is 1. The molecular formula is C12H5ClF4N2O. The van der Waals surface area contributed by atoms with Gasteiger partial charge in [-0.1, -0.05) is 11.6 Å². The Bertz CT molecular complexity index is 693. The number of hydrogen-bond donors (Lipinski definition) is 1. The largest absolute Gasteiger partial charge is 0.319 e. The molecule has 0 unspecified atom stereocenters. The van der Waals surface area contributed by atoms with Gasteiger partial charge in [-0.2, -0.15) is 0 Å². The monoisotopic (exact) mass is 304 g/mol. The molecule has 2 rings (SSSR count). The van der Waals surface area contributed by atoms with Crippen LogP contribution in [0.2, 0.25) is 5.15 Å². The standard InChI is InChI=1S/C12H5ClF4N2O/c13-11-7(1-6(15)4-18-11)12(20)19-9-3-5(14)2-8(16)10(9)17/h1-4H,(H,19,20). The van der Waals surface area contributed by atoms with Crippen LogP contribution in [0.4, 0.5) is 23.2 Å². The van der Waals surface area contributed by atoms with Crippen molar-refractivity contribution in [3.8, 4) is 0 Å². The molecule has 1 aromatic heterocycles. The predicted molar refractivity (Wildman–Crippen MR) is 63.5 cm³/mol. The maximum absolute atomic E-state index is 13.4. The van der Waals surface area contributed by atoms with Gasteiger partial charge in [0.2, 0.25) is 0 Å². The van der Waals surface area contributed by atoms with Gasteiger partial charge < -0.3 is 5.32 Å². The number of aromatic nitrogens is 1. The van der Waals surface area contributed by atoms with E-state index in [1.54, 1.807) is 0 Å². The molecule has 0 bridgehead atoms. The molecule has 0 saturated carbocycles. The van der Waals surface area contributed by atoms with E-state index in [-0.39, 0.29) is 5.15 Å². The minimum atomic E-state index is -1.47. The first-order chi connectivity index (χ1) is 9.38. The minimum Gasteiger partial charge on any atom is -0.319 e. The topological polar surface area (TPSA) is 42.0 Å². The van der Waals surface area contributed by atoms with Gasteiger partial charge in [0.05, 0.1) is 17.4 Å². The van der Waals surface area contributed by atoms with E-state index in [9.17, 15) is 22.4 Å². The van der Waals surface area contributed by atoms with Gasteiger partial charge in [-0.25, -0.2) is 22.5 Å². The fourth-order valence-corrected chi connectivity index (χ4v) is 1.61. The molecule has 1 N–H and O–H groups in total. The summed E-state index contributed by atoms with van der Waals surface area (Å²) in [7, 11) is 0. The van der Waals surface area contributed by atoms with Crippen molar-refractivity contribution in [2.45, 2.75) is 0 Å². The Hall–Kier alpha value is -2.15. The van der Waals surface area contributed by atoms with Gasteiger partial charge in [0.15, 0.2) is 11.6 Å². The summed E-state index contributed by atoms with van der Waals surface area (Å²) in [5.74, 6) is -5.89. The van der Waals surface area contributed by atoms with E-state index in [0.29, 0.717) is 12.1 Å². The van der Waals surface area contributed by atoms with Crippen molar-refractivity contribution in [1.29, 1.82) is 0 Å². The second-order valence-electron chi connectivity index (χ2n) is 3.70. The van der Waals surface area contributed by atoms with Crippen LogP contribution in [0.5, 0.6) is 0 Å². The van der Waals surface area contributed by atoms with Gasteiger partial charge >= 0.3 is 0 Å². The van der Waals surface area contributed by atoms with Gasteiger partial charge in [0.25, 0.3) is 5.91 Å². The highest BCUT2D eigenvalue weighted by Crippen LogP contribution is 2.21. The van der Waals surface area contributed by atoms with Crippen LogP contribution in [0.25, 0.3) is 0 Å². The average molecular weight is 305 g/mol. The predicted octanol–water partition coefficient (Wildman–Crippen LogP) is 3.54. The fourth-order valence-electron chi connectivity index (χ4n) is 1.42. The Morgan fingerprint density at radius 1 is 1.10 bits per heavy atom. The molecule has 0 radical (unpaired) electrons. The van der Waals surface area contributed by atoms with Crippen LogP contribution in [-0.4, -0.2) is 10.9 Å². The summed E-state index contributed by atoms with van der Waals surface area (Å²) < 4.78 is 52.2. The molecule has 2 aromatic rings. The van der Waals surface area contributed by atoms with E-state index in [2.05, 4.69) is 4.98 Å². The van der Waals surface area contributed by atoms with Crippen molar-refractivity contribution >= 4 is 23.2 Å². The summed E-state index contributed by atoms with van der Waals surface area (Å²) in [6, 6.07) is 1.66. The number of hydrogen-bond acceptors (Lipinski definition) is 2. The summed E-state index contributed by atoms with van der Waals surface area (Å²) in [6.45, 7) is 0. The maximum atomic E-state index is 13.4. The first-order valence-electron chi connectivity index (χ1n) is 5.15.